The lowest BCUT2D eigenvalue weighted by Crippen LogP contribution is -2.20. The Labute approximate surface area is 287 Å². The summed E-state index contributed by atoms with van der Waals surface area (Å²) < 4.78 is 6.27. The molecule has 5 heteroatoms. The first-order valence-electron chi connectivity index (χ1n) is 16.0. The van der Waals surface area contributed by atoms with Gasteiger partial charge >= 0.3 is 0 Å². The molecule has 7 aromatic rings. The Kier molecular flexibility index (Phi) is 11.6. The largest absolute Gasteiger partial charge is 0.515 e. The predicted octanol–water partition coefficient (Wildman–Crippen LogP) is 8.93. The van der Waals surface area contributed by atoms with Crippen LogP contribution in [0.4, 0.5) is 5.69 Å². The van der Waals surface area contributed by atoms with Crippen LogP contribution < -0.4 is 27.6 Å². The van der Waals surface area contributed by atoms with Crippen molar-refractivity contribution in [1.82, 2.24) is 0 Å². The van der Waals surface area contributed by atoms with E-state index in [1.54, 1.807) is 0 Å². The summed E-state index contributed by atoms with van der Waals surface area (Å²) in [7, 11) is 0. The molecule has 0 radical (unpaired) electrons. The van der Waals surface area contributed by atoms with Crippen molar-refractivity contribution in [2.75, 3.05) is 5.73 Å². The van der Waals surface area contributed by atoms with Gasteiger partial charge in [0.25, 0.3) is 0 Å². The Hall–Kier alpha value is -6.14. The first-order chi connectivity index (χ1) is 23.9. The Morgan fingerprint density at radius 1 is 0.571 bits per heavy atom. The summed E-state index contributed by atoms with van der Waals surface area (Å²) in [5, 5.41) is 12.8. The van der Waals surface area contributed by atoms with Gasteiger partial charge in [-0.1, -0.05) is 164 Å². The number of aliphatic hydroxyl groups is 1. The number of aliphatic hydroxyl groups excluding tert-OH is 1. The van der Waals surface area contributed by atoms with Gasteiger partial charge in [0, 0.05) is 32.8 Å². The maximum atomic E-state index is 9.43. The van der Waals surface area contributed by atoms with Crippen LogP contribution in [0.3, 0.4) is 0 Å². The van der Waals surface area contributed by atoms with Gasteiger partial charge in [0.05, 0.1) is 12.4 Å². The lowest BCUT2D eigenvalue weighted by molar-refractivity contribution is 0.540. The number of hydrogen-bond acceptors (Lipinski definition) is 5. The van der Waals surface area contributed by atoms with Gasteiger partial charge < -0.3 is 26.7 Å². The van der Waals surface area contributed by atoms with Crippen molar-refractivity contribution in [2.24, 2.45) is 11.5 Å². The molecule has 5 nitrogen and oxygen atoms in total. The SMILES string of the molecule is C=c1ccccc(-c2cccc3c2oc2c(C(N)N)cccc23)ccc/c1=C/O.Cc1ccc(-c2ccccc2)cc1.Nc1ccccc1. The third-order valence-electron chi connectivity index (χ3n) is 7.93. The molecule has 0 aliphatic rings. The second-order valence-corrected chi connectivity index (χ2v) is 11.5. The first-order valence-corrected chi connectivity index (χ1v) is 16.0. The quantitative estimate of drug-likeness (QED) is 0.113. The average molecular weight is 644 g/mol. The Bertz CT molecular complexity index is 2300. The van der Waals surface area contributed by atoms with Crippen LogP contribution in [0.1, 0.15) is 17.3 Å². The molecule has 0 saturated carbocycles. The molecule has 0 aliphatic carbocycles. The number of furan rings is 1. The van der Waals surface area contributed by atoms with Crippen LogP contribution in [0.25, 0.3) is 57.0 Å². The summed E-state index contributed by atoms with van der Waals surface area (Å²) >= 11 is 0. The summed E-state index contributed by atoms with van der Waals surface area (Å²) in [6, 6.07) is 53.8. The zero-order chi connectivity index (χ0) is 34.6. The minimum Gasteiger partial charge on any atom is -0.515 e. The fourth-order valence-corrected chi connectivity index (χ4v) is 5.31. The first kappa shape index (κ1) is 34.2. The van der Waals surface area contributed by atoms with Crippen molar-refractivity contribution in [3.8, 4) is 22.3 Å². The van der Waals surface area contributed by atoms with Crippen molar-refractivity contribution in [3.63, 3.8) is 0 Å². The van der Waals surface area contributed by atoms with E-state index in [1.165, 1.54) is 16.7 Å². The molecule has 1 heterocycles. The maximum absolute atomic E-state index is 9.43. The van der Waals surface area contributed by atoms with Crippen LogP contribution in [0.2, 0.25) is 0 Å². The summed E-state index contributed by atoms with van der Waals surface area (Å²) in [6.07, 6.45) is 0.444. The van der Waals surface area contributed by atoms with Gasteiger partial charge in [-0.25, -0.2) is 0 Å². The van der Waals surface area contributed by atoms with Gasteiger partial charge in [-0.15, -0.1) is 0 Å². The fourth-order valence-electron chi connectivity index (χ4n) is 5.31. The Morgan fingerprint density at radius 3 is 1.73 bits per heavy atom. The molecule has 0 aliphatic heterocycles. The molecule has 1 aromatic heterocycles. The normalized spacial score (nSPS) is 10.9. The van der Waals surface area contributed by atoms with Gasteiger partial charge in [-0.3, -0.25) is 0 Å². The molecule has 0 amide bonds. The molecule has 0 spiro atoms. The van der Waals surface area contributed by atoms with E-state index in [1.807, 2.05) is 115 Å². The van der Waals surface area contributed by atoms with E-state index >= 15 is 0 Å². The second kappa shape index (κ2) is 16.6. The topological polar surface area (TPSA) is 111 Å². The average Bonchev–Trinajstić information content (AvgIpc) is 3.52. The highest BCUT2D eigenvalue weighted by molar-refractivity contribution is 6.10. The monoisotopic (exact) mass is 643 g/mol. The van der Waals surface area contributed by atoms with Gasteiger partial charge in [0.15, 0.2) is 0 Å². The molecule has 244 valence electrons. The van der Waals surface area contributed by atoms with E-state index in [0.717, 1.165) is 50.2 Å². The van der Waals surface area contributed by atoms with E-state index in [4.69, 9.17) is 21.6 Å². The molecular weight excluding hydrogens is 603 g/mol. The van der Waals surface area contributed by atoms with Crippen molar-refractivity contribution in [1.29, 1.82) is 0 Å². The molecule has 6 aromatic carbocycles. The third kappa shape index (κ3) is 8.82. The molecule has 0 fully saturated rings. The zero-order valence-electron chi connectivity index (χ0n) is 27.5. The molecule has 0 unspecified atom stereocenters. The minimum atomic E-state index is -0.611. The van der Waals surface area contributed by atoms with Crippen molar-refractivity contribution in [2.45, 2.75) is 13.1 Å². The van der Waals surface area contributed by atoms with Crippen LogP contribution in [0, 0.1) is 6.92 Å². The van der Waals surface area contributed by atoms with E-state index in [0.29, 0.717) is 10.8 Å². The molecular formula is C44H41N3O2. The van der Waals surface area contributed by atoms with Crippen LogP contribution >= 0.6 is 0 Å². The van der Waals surface area contributed by atoms with Gasteiger partial charge in [0.2, 0.25) is 0 Å². The Morgan fingerprint density at radius 2 is 1.10 bits per heavy atom. The molecule has 7 rings (SSSR count). The highest BCUT2D eigenvalue weighted by Crippen LogP contribution is 2.37. The van der Waals surface area contributed by atoms with Crippen LogP contribution in [-0.2, 0) is 0 Å². The summed E-state index contributed by atoms with van der Waals surface area (Å²) in [6.45, 7) is 6.05. The zero-order valence-corrected chi connectivity index (χ0v) is 27.5. The number of rotatable bonds is 3. The van der Waals surface area contributed by atoms with Gasteiger partial charge in [0.1, 0.15) is 11.2 Å². The van der Waals surface area contributed by atoms with E-state index in [-0.39, 0.29) is 0 Å². The smallest absolute Gasteiger partial charge is 0.143 e. The van der Waals surface area contributed by atoms with Gasteiger partial charge in [-0.05, 0) is 41.0 Å². The van der Waals surface area contributed by atoms with Crippen LogP contribution in [-0.4, -0.2) is 5.11 Å². The number of nitrogen functional groups attached to an aromatic ring is 1. The summed E-state index contributed by atoms with van der Waals surface area (Å²) in [4.78, 5) is 0. The standard InChI is InChI=1S/C25H22N2O2.C13H12.C6H7N/c1-16-7-2-3-8-17(9-4-10-18(16)15-28)19-11-5-12-20-21-13-6-14-22(25(26)27)24(21)29-23(19)20;1-11-7-9-13(10-8-11)12-5-3-2-4-6-12;7-6-4-2-1-3-5-6/h2-15,25,28H,1,26-27H2;2-10H,1H3;1-5H,7H2/b7-2?,8-3?,10-4?,17-9?,18-15-;;. The minimum absolute atomic E-state index is 0.611. The highest BCUT2D eigenvalue weighted by Gasteiger charge is 2.15. The van der Waals surface area contributed by atoms with E-state index in [2.05, 4.69) is 62.0 Å². The molecule has 0 atom stereocenters. The fraction of sp³-hybridized carbons (Fsp3) is 0.0455. The van der Waals surface area contributed by atoms with Crippen molar-refractivity contribution < 1.29 is 9.52 Å². The number of anilines is 1. The second-order valence-electron chi connectivity index (χ2n) is 11.5. The molecule has 49 heavy (non-hydrogen) atoms. The van der Waals surface area contributed by atoms with E-state index in [9.17, 15) is 5.11 Å². The number of benzene rings is 5. The molecule has 0 saturated heterocycles. The lowest BCUT2D eigenvalue weighted by Gasteiger charge is -2.05. The third-order valence-corrected chi connectivity index (χ3v) is 7.93. The van der Waals surface area contributed by atoms with Crippen LogP contribution in [0.15, 0.2) is 168 Å². The number of fused-ring (bicyclic) bond motifs is 3. The lowest BCUT2D eigenvalue weighted by atomic mass is 10.0. The molecule has 0 bridgehead atoms. The number of aryl methyl sites for hydroxylation is 1. The number of para-hydroxylation sites is 3. The maximum Gasteiger partial charge on any atom is 0.143 e. The highest BCUT2D eigenvalue weighted by atomic mass is 16.3. The van der Waals surface area contributed by atoms with Crippen molar-refractivity contribution in [3.05, 3.63) is 185 Å². The van der Waals surface area contributed by atoms with E-state index < -0.39 is 6.17 Å². The molecule has 7 N–H and O–H groups in total. The number of nitrogens with two attached hydrogens (primary N) is 3. The van der Waals surface area contributed by atoms with Crippen LogP contribution in [0.5, 0.6) is 0 Å². The summed E-state index contributed by atoms with van der Waals surface area (Å²) in [5.41, 5.74) is 26.1. The summed E-state index contributed by atoms with van der Waals surface area (Å²) in [5.74, 6) is 0. The predicted molar refractivity (Wildman–Crippen MR) is 207 cm³/mol. The van der Waals surface area contributed by atoms with Crippen molar-refractivity contribution >= 4 is 40.5 Å². The number of hydrogen-bond donors (Lipinski definition) is 4. The van der Waals surface area contributed by atoms with Gasteiger partial charge in [-0.2, -0.15) is 0 Å². The Balaban J connectivity index is 0.000000190.